The molecule has 0 radical (unpaired) electrons. The second kappa shape index (κ2) is 10.7. The number of hydrogen-bond donors (Lipinski definition) is 0. The van der Waals surface area contributed by atoms with Gasteiger partial charge in [0.25, 0.3) is 11.4 Å². The molecule has 4 aromatic rings. The van der Waals surface area contributed by atoms with Crippen LogP contribution in [0.1, 0.15) is 41.9 Å². The van der Waals surface area contributed by atoms with Crippen LogP contribution < -0.4 is 0 Å². The van der Waals surface area contributed by atoms with Crippen molar-refractivity contribution in [1.82, 2.24) is 9.97 Å². The molecule has 2 aromatic carbocycles. The van der Waals surface area contributed by atoms with Crippen LogP contribution in [0.3, 0.4) is 0 Å². The predicted molar refractivity (Wildman–Crippen MR) is 145 cm³/mol. The van der Waals surface area contributed by atoms with E-state index in [1.165, 1.54) is 24.3 Å². The van der Waals surface area contributed by atoms with E-state index in [1.54, 1.807) is 48.5 Å². The number of nitrogens with zero attached hydrogens (tertiary/aromatic N) is 8. The highest BCUT2D eigenvalue weighted by molar-refractivity contribution is 5.86. The summed E-state index contributed by atoms with van der Waals surface area (Å²) in [7, 11) is 0. The van der Waals surface area contributed by atoms with Gasteiger partial charge in [0.2, 0.25) is 0 Å². The van der Waals surface area contributed by atoms with Gasteiger partial charge in [-0.3, -0.25) is 30.2 Å². The standard InChI is InChI=1S/C29H16N8O4/c1-29(2,24-8-4-6-22(34-24)19-12-10-17(14-30)27(36(38)39)21(19)16-32)25-9-5-7-23(35-25)20-13-11-18(15-31)28(37(40)41)26(20)33-3/h4-13H,1-2H3. The Balaban J connectivity index is 1.85. The summed E-state index contributed by atoms with van der Waals surface area (Å²) in [6, 6.07) is 20.7. The van der Waals surface area contributed by atoms with Crippen molar-refractivity contribution < 1.29 is 9.85 Å². The monoisotopic (exact) mass is 540 g/mol. The molecule has 0 aliphatic carbocycles. The molecular formula is C29H16N8O4. The summed E-state index contributed by atoms with van der Waals surface area (Å²) in [6.45, 7) is 11.2. The number of aromatic nitrogens is 2. The molecule has 12 nitrogen and oxygen atoms in total. The van der Waals surface area contributed by atoms with Crippen molar-refractivity contribution in [1.29, 1.82) is 15.8 Å². The second-order valence-corrected chi connectivity index (χ2v) is 9.14. The zero-order valence-corrected chi connectivity index (χ0v) is 21.5. The van der Waals surface area contributed by atoms with Crippen molar-refractivity contribution in [3.05, 3.63) is 120 Å². The van der Waals surface area contributed by atoms with Crippen LogP contribution in [0.25, 0.3) is 27.4 Å². The Morgan fingerprint density at radius 3 is 1.71 bits per heavy atom. The fourth-order valence-corrected chi connectivity index (χ4v) is 4.37. The molecule has 0 fully saturated rings. The number of nitriles is 3. The highest BCUT2D eigenvalue weighted by Gasteiger charge is 2.30. The van der Waals surface area contributed by atoms with Gasteiger partial charge in [-0.05, 0) is 56.3 Å². The largest absolute Gasteiger partial charge is 0.305 e. The molecule has 196 valence electrons. The van der Waals surface area contributed by atoms with E-state index in [-0.39, 0.29) is 44.9 Å². The minimum absolute atomic E-state index is 0.184. The first-order valence-corrected chi connectivity index (χ1v) is 11.7. The van der Waals surface area contributed by atoms with Crippen molar-refractivity contribution in [3.63, 3.8) is 0 Å². The zero-order valence-electron chi connectivity index (χ0n) is 21.5. The maximum absolute atomic E-state index is 11.7. The quantitative estimate of drug-likeness (QED) is 0.158. The minimum atomic E-state index is -0.881. The molecule has 0 N–H and O–H groups in total. The first-order valence-electron chi connectivity index (χ1n) is 11.7. The molecule has 4 rings (SSSR count). The molecule has 0 amide bonds. The minimum Gasteiger partial charge on any atom is -0.259 e. The molecule has 12 heteroatoms. The zero-order chi connectivity index (χ0) is 29.9. The highest BCUT2D eigenvalue weighted by atomic mass is 16.6. The molecule has 0 bridgehead atoms. The van der Waals surface area contributed by atoms with Crippen LogP contribution in [0.15, 0.2) is 60.7 Å². The molecule has 0 saturated carbocycles. The molecule has 0 atom stereocenters. The van der Waals surface area contributed by atoms with Gasteiger partial charge in [0, 0.05) is 16.5 Å². The fourth-order valence-electron chi connectivity index (χ4n) is 4.37. The van der Waals surface area contributed by atoms with Crippen molar-refractivity contribution >= 4 is 17.1 Å². The molecule has 2 aromatic heterocycles. The summed E-state index contributed by atoms with van der Waals surface area (Å²) in [5.74, 6) is 0. The SMILES string of the molecule is [C-]#[N+]c1c(-c2cccc(C(C)(C)c3cccc(-c4ccc(C#N)c([N+](=O)[O-])c4C#N)n3)n2)ccc(C#N)c1[N+](=O)[O-]. The molecule has 0 saturated heterocycles. The van der Waals surface area contributed by atoms with Gasteiger partial charge in [-0.2, -0.15) is 15.8 Å². The first-order chi connectivity index (χ1) is 19.6. The average Bonchev–Trinajstić information content (AvgIpc) is 2.99. The predicted octanol–water partition coefficient (Wildman–Crippen LogP) is 6.12. The van der Waals surface area contributed by atoms with Crippen molar-refractivity contribution in [2.45, 2.75) is 19.3 Å². The lowest BCUT2D eigenvalue weighted by atomic mass is 9.84. The van der Waals surface area contributed by atoms with Gasteiger partial charge in [-0.1, -0.05) is 18.2 Å². The number of pyridine rings is 2. The lowest BCUT2D eigenvalue weighted by Crippen LogP contribution is -2.22. The Labute approximate surface area is 233 Å². The Morgan fingerprint density at radius 1 is 0.756 bits per heavy atom. The van der Waals surface area contributed by atoms with Crippen LogP contribution in [-0.2, 0) is 5.41 Å². The normalized spacial score (nSPS) is 10.5. The van der Waals surface area contributed by atoms with Crippen LogP contribution in [0, 0.1) is 60.8 Å². The Morgan fingerprint density at radius 2 is 1.24 bits per heavy atom. The molecule has 2 heterocycles. The number of hydrogen-bond acceptors (Lipinski definition) is 9. The number of rotatable bonds is 6. The van der Waals surface area contributed by atoms with E-state index in [1.807, 2.05) is 19.9 Å². The van der Waals surface area contributed by atoms with Gasteiger partial charge >= 0.3 is 5.69 Å². The summed E-state index contributed by atoms with van der Waals surface area (Å²) in [6.07, 6.45) is 0. The smallest absolute Gasteiger partial charge is 0.259 e. The van der Waals surface area contributed by atoms with E-state index < -0.39 is 26.6 Å². The first kappa shape index (κ1) is 27.5. The third-order valence-electron chi connectivity index (χ3n) is 6.49. The molecule has 41 heavy (non-hydrogen) atoms. The summed E-state index contributed by atoms with van der Waals surface area (Å²) in [5, 5.41) is 51.6. The van der Waals surface area contributed by atoms with Crippen LogP contribution in [0.5, 0.6) is 0 Å². The van der Waals surface area contributed by atoms with Crippen LogP contribution in [-0.4, -0.2) is 19.8 Å². The van der Waals surface area contributed by atoms with E-state index in [9.17, 15) is 36.0 Å². The number of nitro groups is 2. The topological polar surface area (TPSA) is 188 Å². The van der Waals surface area contributed by atoms with E-state index in [0.29, 0.717) is 11.4 Å². The molecular weight excluding hydrogens is 524 g/mol. The highest BCUT2D eigenvalue weighted by Crippen LogP contribution is 2.41. The summed E-state index contributed by atoms with van der Waals surface area (Å²) in [5.41, 5.74) is -1.22. The maximum Gasteiger partial charge on any atom is 0.305 e. The summed E-state index contributed by atoms with van der Waals surface area (Å²) >= 11 is 0. The average molecular weight is 540 g/mol. The number of nitro benzene ring substituents is 2. The number of benzene rings is 2. The van der Waals surface area contributed by atoms with Gasteiger partial charge in [-0.15, -0.1) is 0 Å². The maximum atomic E-state index is 11.7. The molecule has 0 aliphatic heterocycles. The van der Waals surface area contributed by atoms with E-state index in [2.05, 4.69) is 14.8 Å². The van der Waals surface area contributed by atoms with Gasteiger partial charge < -0.3 is 0 Å². The van der Waals surface area contributed by atoms with Crippen LogP contribution in [0.2, 0.25) is 0 Å². The van der Waals surface area contributed by atoms with Gasteiger partial charge in [0.15, 0.2) is 0 Å². The Kier molecular flexibility index (Phi) is 7.19. The van der Waals surface area contributed by atoms with Crippen molar-refractivity contribution in [2.24, 2.45) is 0 Å². The molecule has 0 aliphatic rings. The molecule has 0 unspecified atom stereocenters. The third kappa shape index (κ3) is 4.77. The van der Waals surface area contributed by atoms with Gasteiger partial charge in [-0.25, -0.2) is 4.85 Å². The van der Waals surface area contributed by atoms with Gasteiger partial charge in [0.05, 0.1) is 39.2 Å². The summed E-state index contributed by atoms with van der Waals surface area (Å²) in [4.78, 5) is 34.5. The van der Waals surface area contributed by atoms with Gasteiger partial charge in [0.1, 0.15) is 34.9 Å². The van der Waals surface area contributed by atoms with Crippen LogP contribution >= 0.6 is 0 Å². The third-order valence-corrected chi connectivity index (χ3v) is 6.49. The fraction of sp³-hybridized carbons (Fsp3) is 0.103. The van der Waals surface area contributed by atoms with Crippen molar-refractivity contribution in [3.8, 4) is 40.7 Å². The lowest BCUT2D eigenvalue weighted by molar-refractivity contribution is -0.385. The van der Waals surface area contributed by atoms with E-state index >= 15 is 0 Å². The lowest BCUT2D eigenvalue weighted by Gasteiger charge is -2.25. The second-order valence-electron chi connectivity index (χ2n) is 9.14. The van der Waals surface area contributed by atoms with E-state index in [0.717, 1.165) is 0 Å². The molecule has 0 spiro atoms. The van der Waals surface area contributed by atoms with E-state index in [4.69, 9.17) is 6.57 Å². The van der Waals surface area contributed by atoms with Crippen molar-refractivity contribution in [2.75, 3.05) is 0 Å². The van der Waals surface area contributed by atoms with Crippen LogP contribution in [0.4, 0.5) is 17.1 Å². The Hall–Kier alpha value is -6.50. The summed E-state index contributed by atoms with van der Waals surface area (Å²) < 4.78 is 0. The Bertz CT molecular complexity index is 1800.